The Bertz CT molecular complexity index is 140. The molecule has 0 spiro atoms. The molecule has 0 radical (unpaired) electrons. The molecule has 0 aliphatic heterocycles. The monoisotopic (exact) mass is 248 g/mol. The van der Waals surface area contributed by atoms with Crippen LogP contribution < -0.4 is 5.73 Å². The van der Waals surface area contributed by atoms with E-state index in [1.54, 1.807) is 14.2 Å². The maximum absolute atomic E-state index is 5.53. The first kappa shape index (κ1) is 16.8. The van der Waals surface area contributed by atoms with Gasteiger partial charge in [0, 0.05) is 40.5 Å². The van der Waals surface area contributed by atoms with Crippen molar-refractivity contribution in [1.82, 2.24) is 4.90 Å². The van der Waals surface area contributed by atoms with Gasteiger partial charge in [-0.2, -0.15) is 0 Å². The Kier molecular flexibility index (Phi) is 13.7. The molecule has 5 heteroatoms. The highest BCUT2D eigenvalue weighted by Gasteiger charge is 2.03. The predicted octanol–water partition coefficient (Wildman–Crippen LogP) is 0.337. The molecule has 0 bridgehead atoms. The molecular weight excluding hydrogens is 220 g/mol. The van der Waals surface area contributed by atoms with Crippen LogP contribution >= 0.6 is 0 Å². The average molecular weight is 248 g/mol. The van der Waals surface area contributed by atoms with Crippen molar-refractivity contribution >= 4 is 0 Å². The Morgan fingerprint density at radius 1 is 0.824 bits per heavy atom. The summed E-state index contributed by atoms with van der Waals surface area (Å²) < 4.78 is 15.6. The van der Waals surface area contributed by atoms with Crippen molar-refractivity contribution < 1.29 is 14.2 Å². The van der Waals surface area contributed by atoms with Gasteiger partial charge in [0.1, 0.15) is 0 Å². The summed E-state index contributed by atoms with van der Waals surface area (Å²) >= 11 is 0. The van der Waals surface area contributed by atoms with E-state index in [1.807, 2.05) is 0 Å². The standard InChI is InChI=1S/C12H28N2O3/c1-15-9-4-10-17-12-8-14(6-3-5-13)7-11-16-2/h3-13H2,1-2H3. The lowest BCUT2D eigenvalue weighted by molar-refractivity contribution is 0.0744. The average Bonchev–Trinajstić information content (AvgIpc) is 2.35. The SMILES string of the molecule is COCCCOCCN(CCCN)CCOC. The lowest BCUT2D eigenvalue weighted by atomic mass is 10.3. The predicted molar refractivity (Wildman–Crippen MR) is 69.3 cm³/mol. The molecule has 0 heterocycles. The van der Waals surface area contributed by atoms with E-state index in [9.17, 15) is 0 Å². The van der Waals surface area contributed by atoms with E-state index in [-0.39, 0.29) is 0 Å². The quantitative estimate of drug-likeness (QED) is 0.476. The zero-order chi connectivity index (χ0) is 12.8. The maximum Gasteiger partial charge on any atom is 0.0593 e. The number of nitrogens with two attached hydrogens (primary N) is 1. The van der Waals surface area contributed by atoms with E-state index in [0.29, 0.717) is 0 Å². The molecule has 0 saturated carbocycles. The van der Waals surface area contributed by atoms with Gasteiger partial charge in [0.2, 0.25) is 0 Å². The summed E-state index contributed by atoms with van der Waals surface area (Å²) in [7, 11) is 3.43. The summed E-state index contributed by atoms with van der Waals surface area (Å²) in [4.78, 5) is 2.33. The Labute approximate surface area is 105 Å². The third-order valence-corrected chi connectivity index (χ3v) is 2.48. The molecular formula is C12H28N2O3. The Hall–Kier alpha value is -0.200. The second kappa shape index (κ2) is 13.9. The van der Waals surface area contributed by atoms with Gasteiger partial charge in [-0.25, -0.2) is 0 Å². The molecule has 0 saturated heterocycles. The number of hydrogen-bond acceptors (Lipinski definition) is 5. The molecule has 0 aromatic rings. The normalized spacial score (nSPS) is 11.3. The van der Waals surface area contributed by atoms with Crippen molar-refractivity contribution in [3.63, 3.8) is 0 Å². The fraction of sp³-hybridized carbons (Fsp3) is 1.00. The molecule has 5 nitrogen and oxygen atoms in total. The van der Waals surface area contributed by atoms with Crippen LogP contribution in [0, 0.1) is 0 Å². The summed E-state index contributed by atoms with van der Waals surface area (Å²) in [5.41, 5.74) is 5.51. The summed E-state index contributed by atoms with van der Waals surface area (Å²) in [5, 5.41) is 0. The van der Waals surface area contributed by atoms with Crippen LogP contribution in [0.2, 0.25) is 0 Å². The molecule has 0 unspecified atom stereocenters. The van der Waals surface area contributed by atoms with Crippen LogP contribution in [-0.2, 0) is 14.2 Å². The summed E-state index contributed by atoms with van der Waals surface area (Å²) in [6, 6.07) is 0. The van der Waals surface area contributed by atoms with E-state index in [1.165, 1.54) is 0 Å². The van der Waals surface area contributed by atoms with Gasteiger partial charge >= 0.3 is 0 Å². The molecule has 0 aliphatic carbocycles. The van der Waals surface area contributed by atoms with Gasteiger partial charge in [0.25, 0.3) is 0 Å². The van der Waals surface area contributed by atoms with Crippen molar-refractivity contribution in [2.45, 2.75) is 12.8 Å². The van der Waals surface area contributed by atoms with Gasteiger partial charge in [0.05, 0.1) is 13.2 Å². The largest absolute Gasteiger partial charge is 0.385 e. The first-order valence-electron chi connectivity index (χ1n) is 6.33. The summed E-state index contributed by atoms with van der Waals surface area (Å²) in [6.07, 6.45) is 1.98. The van der Waals surface area contributed by atoms with Crippen LogP contribution in [0.25, 0.3) is 0 Å². The van der Waals surface area contributed by atoms with Crippen LogP contribution in [0.15, 0.2) is 0 Å². The van der Waals surface area contributed by atoms with E-state index in [4.69, 9.17) is 19.9 Å². The molecule has 0 aromatic heterocycles. The van der Waals surface area contributed by atoms with E-state index < -0.39 is 0 Å². The third-order valence-electron chi connectivity index (χ3n) is 2.48. The number of nitrogens with zero attached hydrogens (tertiary/aromatic N) is 1. The summed E-state index contributed by atoms with van der Waals surface area (Å²) in [5.74, 6) is 0. The van der Waals surface area contributed by atoms with Crippen molar-refractivity contribution in [1.29, 1.82) is 0 Å². The van der Waals surface area contributed by atoms with Crippen molar-refractivity contribution in [3.8, 4) is 0 Å². The molecule has 0 atom stereocenters. The van der Waals surface area contributed by atoms with Crippen LogP contribution in [0.4, 0.5) is 0 Å². The van der Waals surface area contributed by atoms with Gasteiger partial charge in [0.15, 0.2) is 0 Å². The van der Waals surface area contributed by atoms with Crippen LogP contribution in [0.1, 0.15) is 12.8 Å². The Balaban J connectivity index is 3.45. The van der Waals surface area contributed by atoms with E-state index in [2.05, 4.69) is 4.90 Å². The second-order valence-corrected chi connectivity index (χ2v) is 3.94. The fourth-order valence-electron chi connectivity index (χ4n) is 1.47. The molecule has 0 rings (SSSR count). The van der Waals surface area contributed by atoms with Crippen LogP contribution in [0.3, 0.4) is 0 Å². The second-order valence-electron chi connectivity index (χ2n) is 3.94. The van der Waals surface area contributed by atoms with Crippen molar-refractivity contribution in [3.05, 3.63) is 0 Å². The zero-order valence-electron chi connectivity index (χ0n) is 11.3. The van der Waals surface area contributed by atoms with Crippen LogP contribution in [0.5, 0.6) is 0 Å². The van der Waals surface area contributed by atoms with Crippen LogP contribution in [-0.4, -0.2) is 71.7 Å². The highest BCUT2D eigenvalue weighted by molar-refractivity contribution is 4.57. The summed E-state index contributed by atoms with van der Waals surface area (Å²) in [6.45, 7) is 6.68. The van der Waals surface area contributed by atoms with E-state index >= 15 is 0 Å². The van der Waals surface area contributed by atoms with Gasteiger partial charge < -0.3 is 19.9 Å². The molecule has 0 aliphatic rings. The van der Waals surface area contributed by atoms with Crippen molar-refractivity contribution in [2.24, 2.45) is 5.73 Å². The molecule has 0 amide bonds. The number of methoxy groups -OCH3 is 2. The zero-order valence-corrected chi connectivity index (χ0v) is 11.3. The lowest BCUT2D eigenvalue weighted by Gasteiger charge is -2.21. The highest BCUT2D eigenvalue weighted by atomic mass is 16.5. The van der Waals surface area contributed by atoms with Gasteiger partial charge in [-0.1, -0.05) is 0 Å². The minimum Gasteiger partial charge on any atom is -0.385 e. The Morgan fingerprint density at radius 3 is 2.18 bits per heavy atom. The maximum atomic E-state index is 5.53. The molecule has 0 fully saturated rings. The number of ether oxygens (including phenoxy) is 3. The number of hydrogen-bond donors (Lipinski definition) is 1. The first-order valence-corrected chi connectivity index (χ1v) is 6.33. The number of rotatable bonds is 13. The fourth-order valence-corrected chi connectivity index (χ4v) is 1.47. The minimum absolute atomic E-state index is 0.734. The highest BCUT2D eigenvalue weighted by Crippen LogP contribution is 1.92. The third kappa shape index (κ3) is 12.1. The molecule has 17 heavy (non-hydrogen) atoms. The van der Waals surface area contributed by atoms with Gasteiger partial charge in [-0.15, -0.1) is 0 Å². The van der Waals surface area contributed by atoms with Gasteiger partial charge in [-0.05, 0) is 25.9 Å². The van der Waals surface area contributed by atoms with Crippen molar-refractivity contribution in [2.75, 3.05) is 66.8 Å². The minimum atomic E-state index is 0.734. The Morgan fingerprint density at radius 2 is 1.53 bits per heavy atom. The first-order chi connectivity index (χ1) is 8.35. The lowest BCUT2D eigenvalue weighted by Crippen LogP contribution is -2.32. The topological polar surface area (TPSA) is 57.0 Å². The van der Waals surface area contributed by atoms with E-state index in [0.717, 1.165) is 65.4 Å². The molecule has 0 aromatic carbocycles. The smallest absolute Gasteiger partial charge is 0.0593 e. The molecule has 104 valence electrons. The van der Waals surface area contributed by atoms with Gasteiger partial charge in [-0.3, -0.25) is 4.90 Å². The molecule has 2 N–H and O–H groups in total.